The fourth-order valence-corrected chi connectivity index (χ4v) is 6.21. The Kier molecular flexibility index (Phi) is 6.36. The van der Waals surface area contributed by atoms with E-state index in [1.54, 1.807) is 6.07 Å². The molecule has 7 nitrogen and oxygen atoms in total. The Hall–Kier alpha value is -3.20. The van der Waals surface area contributed by atoms with Gasteiger partial charge in [0.2, 0.25) is 5.91 Å². The summed E-state index contributed by atoms with van der Waals surface area (Å²) in [6.07, 6.45) is 5.15. The largest absolute Gasteiger partial charge is 0.506 e. The van der Waals surface area contributed by atoms with Gasteiger partial charge < -0.3 is 24.6 Å². The van der Waals surface area contributed by atoms with Gasteiger partial charge in [0.05, 0.1) is 36.5 Å². The molecule has 2 aromatic carbocycles. The van der Waals surface area contributed by atoms with Crippen LogP contribution in [0.4, 0.5) is 20.2 Å². The fourth-order valence-electron chi connectivity index (χ4n) is 6.21. The number of aliphatic hydroxyl groups is 1. The van der Waals surface area contributed by atoms with E-state index in [1.165, 1.54) is 18.1 Å². The van der Waals surface area contributed by atoms with Crippen molar-refractivity contribution in [3.8, 4) is 11.5 Å². The number of carbonyl (C=O) groups is 2. The normalized spacial score (nSPS) is 21.7. The molecule has 3 fully saturated rings. The van der Waals surface area contributed by atoms with E-state index in [1.807, 2.05) is 4.90 Å². The van der Waals surface area contributed by atoms with Crippen molar-refractivity contribution >= 4 is 23.6 Å². The number of hydrogen-bond donors (Lipinski definition) is 2. The first-order valence-corrected chi connectivity index (χ1v) is 12.4. The lowest BCUT2D eigenvalue weighted by atomic mass is 9.66. The molecule has 2 heterocycles. The van der Waals surface area contributed by atoms with Crippen LogP contribution in [0.2, 0.25) is 0 Å². The molecule has 1 aliphatic carbocycles. The van der Waals surface area contributed by atoms with Crippen LogP contribution in [0.3, 0.4) is 0 Å². The fraction of sp³-hybridized carbons (Fsp3) is 0.481. The number of phenols is 1. The van der Waals surface area contributed by atoms with E-state index < -0.39 is 29.7 Å². The first-order valence-electron chi connectivity index (χ1n) is 12.4. The lowest BCUT2D eigenvalue weighted by molar-refractivity contribution is -0.139. The molecule has 1 saturated carbocycles. The summed E-state index contributed by atoms with van der Waals surface area (Å²) in [7, 11) is 1.48. The highest BCUT2D eigenvalue weighted by molar-refractivity contribution is 6.07. The predicted molar refractivity (Wildman–Crippen MR) is 129 cm³/mol. The average Bonchev–Trinajstić information content (AvgIpc) is 3.41. The Balaban J connectivity index is 1.57. The molecule has 192 valence electrons. The number of methoxy groups -OCH3 is 1. The molecular weight excluding hydrogens is 470 g/mol. The van der Waals surface area contributed by atoms with Gasteiger partial charge in [0.15, 0.2) is 0 Å². The number of benzene rings is 2. The number of β-lactam (4-membered cyclic amide) rings is 1. The number of anilines is 2. The van der Waals surface area contributed by atoms with Crippen LogP contribution in [0.25, 0.3) is 0 Å². The second-order valence-corrected chi connectivity index (χ2v) is 10.0. The van der Waals surface area contributed by atoms with Crippen molar-refractivity contribution in [2.24, 2.45) is 11.3 Å². The van der Waals surface area contributed by atoms with Gasteiger partial charge in [0.25, 0.3) is 0 Å². The third-order valence-corrected chi connectivity index (χ3v) is 8.16. The van der Waals surface area contributed by atoms with E-state index in [9.17, 15) is 24.2 Å². The van der Waals surface area contributed by atoms with Crippen LogP contribution >= 0.6 is 0 Å². The van der Waals surface area contributed by atoms with E-state index in [0.717, 1.165) is 31.3 Å². The van der Waals surface area contributed by atoms with Crippen LogP contribution in [0, 0.1) is 23.0 Å². The van der Waals surface area contributed by atoms with Crippen LogP contribution in [0.15, 0.2) is 24.3 Å². The zero-order valence-electron chi connectivity index (χ0n) is 20.2. The summed E-state index contributed by atoms with van der Waals surface area (Å²) in [5, 5.41) is 20.0. The van der Waals surface area contributed by atoms with Gasteiger partial charge >= 0.3 is 0 Å². The van der Waals surface area contributed by atoms with Gasteiger partial charge in [-0.25, -0.2) is 8.78 Å². The van der Waals surface area contributed by atoms with Crippen LogP contribution in [0.1, 0.15) is 55.7 Å². The summed E-state index contributed by atoms with van der Waals surface area (Å²) in [5.74, 6) is -1.39. The third kappa shape index (κ3) is 3.72. The quantitative estimate of drug-likeness (QED) is 0.456. The number of aromatic hydroxyl groups is 1. The summed E-state index contributed by atoms with van der Waals surface area (Å²) < 4.78 is 35.9. The Morgan fingerprint density at radius 3 is 2.39 bits per heavy atom. The summed E-state index contributed by atoms with van der Waals surface area (Å²) in [6.45, 7) is 0.502. The lowest BCUT2D eigenvalue weighted by Crippen LogP contribution is -2.62. The van der Waals surface area contributed by atoms with E-state index >= 15 is 4.39 Å². The summed E-state index contributed by atoms with van der Waals surface area (Å²) >= 11 is 0. The summed E-state index contributed by atoms with van der Waals surface area (Å²) in [6, 6.07) is 4.53. The van der Waals surface area contributed by atoms with Crippen LogP contribution < -0.4 is 14.5 Å². The first kappa shape index (κ1) is 24.5. The standard InChI is InChI=1S/C27H30F2N2O5/c1-36-24-13-21(30-8-4-16(14-32)5-9-30)20(29)11-18(24)25-27(6-2-3-7-27)26(35)31(25)22-12-19(28)17(15-33)10-23(22)34/h10-14,16,25,33-34H,2-9,15H2,1H3/t25-/m0/s1. The number of rotatable bonds is 6. The number of ether oxygens (including phenoxy) is 1. The number of aldehydes is 1. The average molecular weight is 501 g/mol. The molecule has 0 bridgehead atoms. The molecule has 0 aromatic heterocycles. The molecule has 0 unspecified atom stereocenters. The minimum Gasteiger partial charge on any atom is -0.506 e. The Bertz CT molecular complexity index is 1190. The molecule has 36 heavy (non-hydrogen) atoms. The number of hydrogen-bond acceptors (Lipinski definition) is 6. The van der Waals surface area contributed by atoms with Crippen molar-refractivity contribution in [1.29, 1.82) is 0 Å². The molecule has 0 radical (unpaired) electrons. The van der Waals surface area contributed by atoms with E-state index in [-0.39, 0.29) is 28.8 Å². The van der Waals surface area contributed by atoms with Crippen molar-refractivity contribution in [1.82, 2.24) is 0 Å². The van der Waals surface area contributed by atoms with Gasteiger partial charge in [-0.1, -0.05) is 12.8 Å². The van der Waals surface area contributed by atoms with E-state index in [4.69, 9.17) is 4.74 Å². The molecule has 9 heteroatoms. The maximum absolute atomic E-state index is 15.6. The number of carbonyl (C=O) groups excluding carboxylic acids is 2. The first-order chi connectivity index (χ1) is 17.3. The number of piperidine rings is 1. The Morgan fingerprint density at radius 2 is 1.78 bits per heavy atom. The molecule has 2 saturated heterocycles. The van der Waals surface area contributed by atoms with Crippen LogP contribution in [-0.4, -0.2) is 42.6 Å². The maximum Gasteiger partial charge on any atom is 0.236 e. The van der Waals surface area contributed by atoms with Crippen molar-refractivity contribution in [2.45, 2.75) is 51.2 Å². The Morgan fingerprint density at radius 1 is 1.08 bits per heavy atom. The predicted octanol–water partition coefficient (Wildman–Crippen LogP) is 4.23. The zero-order chi connectivity index (χ0) is 25.6. The maximum atomic E-state index is 15.6. The zero-order valence-corrected chi connectivity index (χ0v) is 20.2. The molecule has 2 N–H and O–H groups in total. The lowest BCUT2D eigenvalue weighted by Gasteiger charge is -2.55. The van der Waals surface area contributed by atoms with Crippen molar-refractivity contribution in [3.05, 3.63) is 47.0 Å². The van der Waals surface area contributed by atoms with Crippen molar-refractivity contribution in [2.75, 3.05) is 30.0 Å². The number of phenolic OH excluding ortho intramolecular Hbond substituents is 1. The minimum atomic E-state index is -0.776. The SMILES string of the molecule is COc1cc(N2CCC(C=O)CC2)c(F)cc1[C@@H]1N(c2cc(F)c(CO)cc2O)C(=O)C12CCCC2. The molecule has 5 rings (SSSR count). The van der Waals surface area contributed by atoms with Gasteiger partial charge in [0, 0.05) is 42.3 Å². The summed E-state index contributed by atoms with van der Waals surface area (Å²) in [5.41, 5.74) is -0.0301. The second kappa shape index (κ2) is 9.35. The number of nitrogens with zero attached hydrogens (tertiary/aromatic N) is 2. The summed E-state index contributed by atoms with van der Waals surface area (Å²) in [4.78, 5) is 27.9. The minimum absolute atomic E-state index is 0.0142. The molecular formula is C27H30F2N2O5. The third-order valence-electron chi connectivity index (χ3n) is 8.16. The molecule has 1 spiro atoms. The van der Waals surface area contributed by atoms with E-state index in [2.05, 4.69) is 0 Å². The number of amides is 1. The topological polar surface area (TPSA) is 90.3 Å². The monoisotopic (exact) mass is 500 g/mol. The van der Waals surface area contributed by atoms with Crippen molar-refractivity contribution in [3.63, 3.8) is 0 Å². The van der Waals surface area contributed by atoms with Crippen molar-refractivity contribution < 1.29 is 33.3 Å². The highest BCUT2D eigenvalue weighted by atomic mass is 19.1. The highest BCUT2D eigenvalue weighted by Gasteiger charge is 2.63. The van der Waals surface area contributed by atoms with Gasteiger partial charge in [0.1, 0.15) is 29.4 Å². The number of aliphatic hydroxyl groups excluding tert-OH is 1. The van der Waals surface area contributed by atoms with Crippen LogP contribution in [-0.2, 0) is 16.2 Å². The molecule has 1 amide bonds. The van der Waals surface area contributed by atoms with Gasteiger partial charge in [-0.2, -0.15) is 0 Å². The van der Waals surface area contributed by atoms with Gasteiger partial charge in [-0.05, 0) is 37.8 Å². The van der Waals surface area contributed by atoms with Gasteiger partial charge in [-0.15, -0.1) is 0 Å². The molecule has 1 atom stereocenters. The smallest absolute Gasteiger partial charge is 0.236 e. The number of halogens is 2. The van der Waals surface area contributed by atoms with E-state index in [0.29, 0.717) is 55.8 Å². The van der Waals surface area contributed by atoms with Crippen LogP contribution in [0.5, 0.6) is 11.5 Å². The highest BCUT2D eigenvalue weighted by Crippen LogP contribution is 2.62. The van der Waals surface area contributed by atoms with Gasteiger partial charge in [-0.3, -0.25) is 9.69 Å². The molecule has 2 aromatic rings. The molecule has 3 aliphatic rings. The molecule has 2 aliphatic heterocycles. The second-order valence-electron chi connectivity index (χ2n) is 10.0. The Labute approximate surface area is 208 Å².